The molecule has 3 heterocycles. The number of imide groups is 1. The average Bonchev–Trinajstić information content (AvgIpc) is 3.41. The van der Waals surface area contributed by atoms with Gasteiger partial charge in [-0.25, -0.2) is 4.90 Å². The zero-order valence-corrected chi connectivity index (χ0v) is 17.7. The topological polar surface area (TPSA) is 70.2 Å². The van der Waals surface area contributed by atoms with E-state index in [2.05, 4.69) is 4.90 Å². The molecule has 3 aliphatic heterocycles. The van der Waals surface area contributed by atoms with Crippen LogP contribution in [0.3, 0.4) is 0 Å². The predicted molar refractivity (Wildman–Crippen MR) is 113 cm³/mol. The molecule has 0 aromatic heterocycles. The van der Waals surface area contributed by atoms with E-state index >= 15 is 0 Å². The van der Waals surface area contributed by atoms with Crippen LogP contribution in [-0.4, -0.2) is 66.3 Å². The van der Waals surface area contributed by atoms with Gasteiger partial charge in [-0.2, -0.15) is 0 Å². The van der Waals surface area contributed by atoms with Crippen molar-refractivity contribution in [1.82, 2.24) is 9.80 Å². The summed E-state index contributed by atoms with van der Waals surface area (Å²) in [6, 6.07) is 6.72. The van der Waals surface area contributed by atoms with Crippen molar-refractivity contribution in [3.8, 4) is 5.75 Å². The number of likely N-dealkylation sites (tertiary alicyclic amines) is 2. The molecule has 3 amide bonds. The third kappa shape index (κ3) is 4.21. The molecule has 1 atom stereocenters. The summed E-state index contributed by atoms with van der Waals surface area (Å²) >= 11 is 0. The van der Waals surface area contributed by atoms with Crippen molar-refractivity contribution in [2.45, 2.75) is 51.5 Å². The first-order valence-corrected chi connectivity index (χ1v) is 11.2. The number of hydrogen-bond acceptors (Lipinski definition) is 5. The van der Waals surface area contributed by atoms with E-state index in [-0.39, 0.29) is 30.1 Å². The Morgan fingerprint density at radius 1 is 1.03 bits per heavy atom. The summed E-state index contributed by atoms with van der Waals surface area (Å²) in [7, 11) is 0. The molecule has 4 rings (SSSR count). The van der Waals surface area contributed by atoms with Gasteiger partial charge in [0, 0.05) is 19.0 Å². The van der Waals surface area contributed by atoms with Gasteiger partial charge in [0.15, 0.2) is 0 Å². The van der Waals surface area contributed by atoms with E-state index in [1.807, 2.05) is 11.8 Å². The van der Waals surface area contributed by atoms with Gasteiger partial charge in [-0.3, -0.25) is 19.3 Å². The molecule has 0 spiro atoms. The number of amides is 3. The highest BCUT2D eigenvalue weighted by atomic mass is 16.5. The van der Waals surface area contributed by atoms with Crippen LogP contribution in [-0.2, 0) is 14.4 Å². The fourth-order valence-electron chi connectivity index (χ4n) is 4.74. The average molecular weight is 414 g/mol. The Bertz CT molecular complexity index is 780. The normalized spacial score (nSPS) is 23.4. The lowest BCUT2D eigenvalue weighted by atomic mass is 9.94. The molecule has 7 heteroatoms. The number of rotatable bonds is 6. The lowest BCUT2D eigenvalue weighted by Crippen LogP contribution is -2.48. The number of carbonyl (C=O) groups excluding carboxylic acids is 3. The number of ether oxygens (including phenoxy) is 1. The van der Waals surface area contributed by atoms with E-state index in [1.54, 1.807) is 24.3 Å². The summed E-state index contributed by atoms with van der Waals surface area (Å²) in [4.78, 5) is 43.7. The zero-order chi connectivity index (χ0) is 21.1. The molecule has 1 aromatic carbocycles. The smallest absolute Gasteiger partial charge is 0.251 e. The maximum atomic E-state index is 13.1. The van der Waals surface area contributed by atoms with Gasteiger partial charge in [-0.15, -0.1) is 0 Å². The lowest BCUT2D eigenvalue weighted by Gasteiger charge is -2.35. The summed E-state index contributed by atoms with van der Waals surface area (Å²) in [5.74, 6) is 0.737. The van der Waals surface area contributed by atoms with Crippen molar-refractivity contribution in [3.05, 3.63) is 24.3 Å². The minimum absolute atomic E-state index is 0.0540. The third-order valence-electron chi connectivity index (χ3n) is 6.43. The third-order valence-corrected chi connectivity index (χ3v) is 6.43. The van der Waals surface area contributed by atoms with Crippen molar-refractivity contribution >= 4 is 23.4 Å². The van der Waals surface area contributed by atoms with Crippen LogP contribution in [0.25, 0.3) is 0 Å². The maximum Gasteiger partial charge on any atom is 0.251 e. The van der Waals surface area contributed by atoms with E-state index in [9.17, 15) is 14.4 Å². The van der Waals surface area contributed by atoms with E-state index in [0.717, 1.165) is 50.9 Å². The summed E-state index contributed by atoms with van der Waals surface area (Å²) in [5, 5.41) is 0. The van der Waals surface area contributed by atoms with Crippen LogP contribution in [0.1, 0.15) is 45.4 Å². The molecule has 3 saturated heterocycles. The Balaban J connectivity index is 1.35. The molecule has 30 heavy (non-hydrogen) atoms. The largest absolute Gasteiger partial charge is 0.494 e. The van der Waals surface area contributed by atoms with Gasteiger partial charge in [-0.05, 0) is 69.5 Å². The van der Waals surface area contributed by atoms with Crippen LogP contribution in [0.5, 0.6) is 5.75 Å². The first kappa shape index (κ1) is 20.8. The number of hydrogen-bond donors (Lipinski definition) is 0. The second-order valence-corrected chi connectivity index (χ2v) is 8.47. The standard InChI is InChI=1S/C23H31N3O4/c1-2-15-30-19-7-5-18(6-8-19)26-21(27)16-20(23(26)29)24-13-9-17(10-14-24)22(28)25-11-3-4-12-25/h5-8,17,20H,2-4,9-16H2,1H3/t20-/m0/s1. The molecule has 3 aliphatic rings. The van der Waals surface area contributed by atoms with Crippen LogP contribution in [0.15, 0.2) is 24.3 Å². The fraction of sp³-hybridized carbons (Fsp3) is 0.609. The van der Waals surface area contributed by atoms with Gasteiger partial charge >= 0.3 is 0 Å². The molecule has 0 radical (unpaired) electrons. The van der Waals surface area contributed by atoms with Crippen LogP contribution in [0, 0.1) is 5.92 Å². The van der Waals surface area contributed by atoms with Crippen molar-refractivity contribution in [1.29, 1.82) is 0 Å². The highest BCUT2D eigenvalue weighted by molar-refractivity contribution is 6.22. The quantitative estimate of drug-likeness (QED) is 0.670. The molecular weight excluding hydrogens is 382 g/mol. The molecule has 162 valence electrons. The molecule has 0 unspecified atom stereocenters. The molecule has 0 saturated carbocycles. The van der Waals surface area contributed by atoms with E-state index in [1.165, 1.54) is 4.90 Å². The summed E-state index contributed by atoms with van der Waals surface area (Å²) in [6.45, 7) is 5.81. The van der Waals surface area contributed by atoms with E-state index in [0.29, 0.717) is 25.4 Å². The minimum Gasteiger partial charge on any atom is -0.494 e. The monoisotopic (exact) mass is 413 g/mol. The van der Waals surface area contributed by atoms with Crippen molar-refractivity contribution < 1.29 is 19.1 Å². The van der Waals surface area contributed by atoms with E-state index in [4.69, 9.17) is 4.74 Å². The van der Waals surface area contributed by atoms with Gasteiger partial charge in [0.05, 0.1) is 24.8 Å². The number of piperidine rings is 1. The van der Waals surface area contributed by atoms with Gasteiger partial charge in [0.1, 0.15) is 5.75 Å². The minimum atomic E-state index is -0.420. The SMILES string of the molecule is CCCOc1ccc(N2C(=O)C[C@H](N3CCC(C(=O)N4CCCC4)CC3)C2=O)cc1. The Morgan fingerprint density at radius 2 is 1.70 bits per heavy atom. The van der Waals surface area contributed by atoms with Crippen LogP contribution < -0.4 is 9.64 Å². The van der Waals surface area contributed by atoms with Gasteiger partial charge < -0.3 is 9.64 Å². The number of benzene rings is 1. The molecule has 3 fully saturated rings. The maximum absolute atomic E-state index is 13.1. The Kier molecular flexibility index (Phi) is 6.37. The summed E-state index contributed by atoms with van der Waals surface area (Å²) < 4.78 is 5.58. The van der Waals surface area contributed by atoms with Gasteiger partial charge in [0.2, 0.25) is 11.8 Å². The first-order valence-electron chi connectivity index (χ1n) is 11.2. The second kappa shape index (κ2) is 9.16. The molecule has 0 aliphatic carbocycles. The number of anilines is 1. The van der Waals surface area contributed by atoms with Gasteiger partial charge in [0.25, 0.3) is 5.91 Å². The number of carbonyl (C=O) groups is 3. The van der Waals surface area contributed by atoms with Crippen molar-refractivity contribution in [2.24, 2.45) is 5.92 Å². The van der Waals surface area contributed by atoms with Crippen molar-refractivity contribution in [2.75, 3.05) is 37.7 Å². The zero-order valence-electron chi connectivity index (χ0n) is 17.7. The van der Waals surface area contributed by atoms with E-state index < -0.39 is 6.04 Å². The Labute approximate surface area is 177 Å². The Hall–Kier alpha value is -2.41. The van der Waals surface area contributed by atoms with Crippen LogP contribution in [0.4, 0.5) is 5.69 Å². The molecule has 0 N–H and O–H groups in total. The van der Waals surface area contributed by atoms with Crippen LogP contribution >= 0.6 is 0 Å². The lowest BCUT2D eigenvalue weighted by molar-refractivity contribution is -0.136. The molecule has 7 nitrogen and oxygen atoms in total. The number of nitrogens with zero attached hydrogens (tertiary/aromatic N) is 3. The van der Waals surface area contributed by atoms with Crippen LogP contribution in [0.2, 0.25) is 0 Å². The fourth-order valence-corrected chi connectivity index (χ4v) is 4.74. The highest BCUT2D eigenvalue weighted by Crippen LogP contribution is 2.30. The Morgan fingerprint density at radius 3 is 2.33 bits per heavy atom. The first-order chi connectivity index (χ1) is 14.6. The van der Waals surface area contributed by atoms with Gasteiger partial charge in [-0.1, -0.05) is 6.92 Å². The molecule has 1 aromatic rings. The summed E-state index contributed by atoms with van der Waals surface area (Å²) in [6.07, 6.45) is 4.85. The van der Waals surface area contributed by atoms with Crippen molar-refractivity contribution in [3.63, 3.8) is 0 Å². The predicted octanol–water partition coefficient (Wildman–Crippen LogP) is 2.44. The molecule has 0 bridgehead atoms. The summed E-state index contributed by atoms with van der Waals surface area (Å²) in [5.41, 5.74) is 0.593. The molecular formula is C23H31N3O4. The second-order valence-electron chi connectivity index (χ2n) is 8.47. The highest BCUT2D eigenvalue weighted by Gasteiger charge is 2.44.